The second-order valence-corrected chi connectivity index (χ2v) is 9.66. The van der Waals surface area contributed by atoms with Crippen molar-refractivity contribution < 1.29 is 9.47 Å². The van der Waals surface area contributed by atoms with Crippen LogP contribution in [-0.4, -0.2) is 11.2 Å². The molecule has 3 aromatic rings. The van der Waals surface area contributed by atoms with E-state index in [0.29, 0.717) is 0 Å². The number of benzene rings is 3. The normalized spacial score (nSPS) is 12.0. The smallest absolute Gasteiger partial charge is 0.120 e. The van der Waals surface area contributed by atoms with Crippen LogP contribution in [-0.2, 0) is 0 Å². The maximum absolute atomic E-state index is 5.96. The summed E-state index contributed by atoms with van der Waals surface area (Å²) >= 11 is 4.74. The van der Waals surface area contributed by atoms with E-state index in [1.165, 1.54) is 0 Å². The van der Waals surface area contributed by atoms with Gasteiger partial charge in [-0.1, -0.05) is 36.4 Å². The quantitative estimate of drug-likeness (QED) is 0.448. The molecule has 3 aromatic carbocycles. The predicted molar refractivity (Wildman–Crippen MR) is 125 cm³/mol. The fourth-order valence-corrected chi connectivity index (χ4v) is 3.52. The van der Waals surface area contributed by atoms with E-state index in [-0.39, 0.29) is 11.2 Å². The summed E-state index contributed by atoms with van der Waals surface area (Å²) in [6.07, 6.45) is 0. The number of thiol groups is 1. The molecule has 0 aliphatic heterocycles. The van der Waals surface area contributed by atoms with Crippen molar-refractivity contribution in [3.05, 3.63) is 66.7 Å². The van der Waals surface area contributed by atoms with Crippen molar-refractivity contribution in [1.29, 1.82) is 0 Å². The molecule has 3 rings (SSSR count). The summed E-state index contributed by atoms with van der Waals surface area (Å²) in [5.41, 5.74) is 4.07. The van der Waals surface area contributed by atoms with Crippen molar-refractivity contribution in [3.63, 3.8) is 0 Å². The van der Waals surface area contributed by atoms with Gasteiger partial charge < -0.3 is 9.47 Å². The lowest BCUT2D eigenvalue weighted by atomic mass is 9.94. The molecule has 0 saturated carbocycles. The van der Waals surface area contributed by atoms with Gasteiger partial charge in [0.15, 0.2) is 0 Å². The molecule has 2 nitrogen and oxygen atoms in total. The van der Waals surface area contributed by atoms with E-state index >= 15 is 0 Å². The summed E-state index contributed by atoms with van der Waals surface area (Å²) < 4.78 is 11.9. The number of hydrogen-bond donors (Lipinski definition) is 1. The predicted octanol–water partition coefficient (Wildman–Crippen LogP) is 7.66. The zero-order valence-corrected chi connectivity index (χ0v) is 19.0. The molecule has 0 fully saturated rings. The summed E-state index contributed by atoms with van der Waals surface area (Å²) in [5.74, 6) is 1.73. The molecule has 0 heterocycles. The van der Waals surface area contributed by atoms with Crippen LogP contribution in [0.5, 0.6) is 11.5 Å². The molecule has 0 aliphatic carbocycles. The lowest BCUT2D eigenvalue weighted by molar-refractivity contribution is 0.130. The van der Waals surface area contributed by atoms with Gasteiger partial charge in [-0.2, -0.15) is 0 Å². The third kappa shape index (κ3) is 5.80. The molecule has 29 heavy (non-hydrogen) atoms. The first-order valence-electron chi connectivity index (χ1n) is 9.93. The van der Waals surface area contributed by atoms with Gasteiger partial charge in [-0.25, -0.2) is 0 Å². The fourth-order valence-electron chi connectivity index (χ4n) is 3.18. The Labute approximate surface area is 180 Å². The monoisotopic (exact) mass is 406 g/mol. The van der Waals surface area contributed by atoms with Gasteiger partial charge >= 0.3 is 0 Å². The SMILES string of the molecule is CC(C)(C)Oc1ccc(-c2cccc(S)c2-c2ccc(OC(C)(C)C)cc2)cc1. The average molecular weight is 407 g/mol. The molecule has 0 amide bonds. The van der Waals surface area contributed by atoms with Crippen LogP contribution >= 0.6 is 12.6 Å². The molecule has 0 N–H and O–H groups in total. The summed E-state index contributed by atoms with van der Waals surface area (Å²) in [5, 5.41) is 0. The highest BCUT2D eigenvalue weighted by Gasteiger charge is 2.15. The number of hydrogen-bond acceptors (Lipinski definition) is 3. The fraction of sp³-hybridized carbons (Fsp3) is 0.308. The number of ether oxygens (including phenoxy) is 2. The highest BCUT2D eigenvalue weighted by atomic mass is 32.1. The molecular weight excluding hydrogens is 376 g/mol. The molecule has 0 radical (unpaired) electrons. The van der Waals surface area contributed by atoms with Gasteiger partial charge in [0.2, 0.25) is 0 Å². The summed E-state index contributed by atoms with van der Waals surface area (Å²) in [6, 6.07) is 22.7. The van der Waals surface area contributed by atoms with Crippen molar-refractivity contribution in [3.8, 4) is 33.8 Å². The van der Waals surface area contributed by atoms with Crippen LogP contribution in [0.1, 0.15) is 41.5 Å². The zero-order chi connectivity index (χ0) is 21.2. The molecule has 0 saturated heterocycles. The van der Waals surface area contributed by atoms with E-state index in [9.17, 15) is 0 Å². The topological polar surface area (TPSA) is 18.5 Å². The Bertz CT molecular complexity index is 960. The van der Waals surface area contributed by atoms with Gasteiger partial charge in [-0.05, 0) is 88.6 Å². The van der Waals surface area contributed by atoms with Crippen LogP contribution in [0.3, 0.4) is 0 Å². The van der Waals surface area contributed by atoms with E-state index in [1.54, 1.807) is 0 Å². The first-order valence-corrected chi connectivity index (χ1v) is 10.4. The highest BCUT2D eigenvalue weighted by Crippen LogP contribution is 2.38. The minimum Gasteiger partial charge on any atom is -0.488 e. The Morgan fingerprint density at radius 3 is 1.48 bits per heavy atom. The Morgan fingerprint density at radius 1 is 0.586 bits per heavy atom. The van der Waals surface area contributed by atoms with Gasteiger partial charge in [-0.15, -0.1) is 12.6 Å². The van der Waals surface area contributed by atoms with Crippen molar-refractivity contribution in [1.82, 2.24) is 0 Å². The molecule has 0 aliphatic rings. The van der Waals surface area contributed by atoms with Crippen LogP contribution in [0.15, 0.2) is 71.6 Å². The summed E-state index contributed by atoms with van der Waals surface area (Å²) in [6.45, 7) is 12.3. The lowest BCUT2D eigenvalue weighted by Gasteiger charge is -2.22. The molecule has 152 valence electrons. The summed E-state index contributed by atoms with van der Waals surface area (Å²) in [4.78, 5) is 0.946. The maximum Gasteiger partial charge on any atom is 0.120 e. The van der Waals surface area contributed by atoms with Gasteiger partial charge in [0, 0.05) is 10.5 Å². The van der Waals surface area contributed by atoms with E-state index in [4.69, 9.17) is 22.1 Å². The van der Waals surface area contributed by atoms with Gasteiger partial charge in [-0.3, -0.25) is 0 Å². The standard InChI is InChI=1S/C26H30O2S/c1-25(2,3)27-20-14-10-18(11-15-20)22-8-7-9-23(29)24(22)19-12-16-21(17-13-19)28-26(4,5)6/h7-17,29H,1-6H3. The molecule has 0 bridgehead atoms. The number of rotatable bonds is 4. The van der Waals surface area contributed by atoms with Crippen LogP contribution in [0.25, 0.3) is 22.3 Å². The Hall–Kier alpha value is -2.39. The van der Waals surface area contributed by atoms with E-state index < -0.39 is 0 Å². The van der Waals surface area contributed by atoms with Gasteiger partial charge in [0.25, 0.3) is 0 Å². The zero-order valence-electron chi connectivity index (χ0n) is 18.1. The molecule has 3 heteroatoms. The van der Waals surface area contributed by atoms with E-state index in [0.717, 1.165) is 38.6 Å². The first kappa shape index (κ1) is 21.3. The van der Waals surface area contributed by atoms with Crippen molar-refractivity contribution in [2.75, 3.05) is 0 Å². The van der Waals surface area contributed by atoms with Crippen molar-refractivity contribution in [2.45, 2.75) is 57.6 Å². The molecular formula is C26H30O2S. The average Bonchev–Trinajstić information content (AvgIpc) is 2.60. The summed E-state index contributed by atoms with van der Waals surface area (Å²) in [7, 11) is 0. The van der Waals surface area contributed by atoms with Crippen LogP contribution in [0.2, 0.25) is 0 Å². The lowest BCUT2D eigenvalue weighted by Crippen LogP contribution is -2.22. The van der Waals surface area contributed by atoms with E-state index in [1.807, 2.05) is 36.4 Å². The third-order valence-corrected chi connectivity index (χ3v) is 4.57. The minimum absolute atomic E-state index is 0.214. The Balaban J connectivity index is 1.96. The molecule has 0 atom stereocenters. The Morgan fingerprint density at radius 2 is 1.03 bits per heavy atom. The van der Waals surface area contributed by atoms with Gasteiger partial charge in [0.05, 0.1) is 0 Å². The highest BCUT2D eigenvalue weighted by molar-refractivity contribution is 7.80. The molecule has 0 aromatic heterocycles. The van der Waals surface area contributed by atoms with Gasteiger partial charge in [0.1, 0.15) is 22.7 Å². The van der Waals surface area contributed by atoms with Crippen LogP contribution in [0, 0.1) is 0 Å². The van der Waals surface area contributed by atoms with Crippen LogP contribution < -0.4 is 9.47 Å². The molecule has 0 spiro atoms. The first-order chi connectivity index (χ1) is 13.5. The molecule has 0 unspecified atom stereocenters. The largest absolute Gasteiger partial charge is 0.488 e. The van der Waals surface area contributed by atoms with Crippen molar-refractivity contribution >= 4 is 12.6 Å². The second kappa shape index (κ2) is 8.16. The van der Waals surface area contributed by atoms with Crippen molar-refractivity contribution in [2.24, 2.45) is 0 Å². The maximum atomic E-state index is 5.96. The minimum atomic E-state index is -0.217. The Kier molecular flexibility index (Phi) is 6.00. The van der Waals surface area contributed by atoms with Crippen LogP contribution in [0.4, 0.5) is 0 Å². The second-order valence-electron chi connectivity index (χ2n) is 9.18. The third-order valence-electron chi connectivity index (χ3n) is 4.20. The van der Waals surface area contributed by atoms with E-state index in [2.05, 4.69) is 71.9 Å².